The molecule has 2 aromatic carbocycles. The van der Waals surface area contributed by atoms with Gasteiger partial charge in [-0.25, -0.2) is 4.72 Å². The first-order valence-electron chi connectivity index (χ1n) is 8.12. The van der Waals surface area contributed by atoms with E-state index in [-0.39, 0.29) is 12.2 Å². The highest BCUT2D eigenvalue weighted by atomic mass is 35.5. The average molecular weight is 411 g/mol. The zero-order chi connectivity index (χ0) is 19.7. The van der Waals surface area contributed by atoms with E-state index in [0.717, 1.165) is 4.47 Å². The summed E-state index contributed by atoms with van der Waals surface area (Å²) >= 11 is 6.23. The fourth-order valence-corrected chi connectivity index (χ4v) is 4.62. The Morgan fingerprint density at radius 3 is 2.41 bits per heavy atom. The molecule has 9 heteroatoms. The zero-order valence-corrected chi connectivity index (χ0v) is 16.3. The van der Waals surface area contributed by atoms with Crippen molar-refractivity contribution >= 4 is 27.7 Å². The van der Waals surface area contributed by atoms with Gasteiger partial charge in [-0.2, -0.15) is 8.42 Å². The summed E-state index contributed by atoms with van der Waals surface area (Å²) in [6, 6.07) is 15.1. The first-order valence-corrected chi connectivity index (χ1v) is 9.94. The number of hydrogen-bond donors (Lipinski definition) is 1. The van der Waals surface area contributed by atoms with Crippen LogP contribution in [0, 0.1) is 0 Å². The molecule has 2 atom stereocenters. The summed E-state index contributed by atoms with van der Waals surface area (Å²) in [7, 11) is -3.08. The summed E-state index contributed by atoms with van der Waals surface area (Å²) in [4.78, 5) is 17.5. The summed E-state index contributed by atoms with van der Waals surface area (Å²) in [5.74, 6) is -0.754. The Labute approximate surface area is 163 Å². The first-order chi connectivity index (χ1) is 12.8. The largest absolute Gasteiger partial charge is 0.369 e. The normalized spacial score (nSPS) is 22.3. The van der Waals surface area contributed by atoms with Gasteiger partial charge in [0.1, 0.15) is 11.6 Å². The SMILES string of the molecule is CON(C1(C)COC1c1ccccc1Cl)S(=O)(=O)NC(=O)c1ccccc1. The lowest BCUT2D eigenvalue weighted by molar-refractivity contribution is -0.258. The van der Waals surface area contributed by atoms with Gasteiger partial charge in [-0.05, 0) is 25.1 Å². The van der Waals surface area contributed by atoms with Crippen LogP contribution in [0.15, 0.2) is 54.6 Å². The Morgan fingerprint density at radius 1 is 1.22 bits per heavy atom. The number of nitrogens with zero attached hydrogens (tertiary/aromatic N) is 1. The maximum Gasteiger partial charge on any atom is 0.327 e. The van der Waals surface area contributed by atoms with Gasteiger partial charge >= 0.3 is 10.2 Å². The molecular weight excluding hydrogens is 392 g/mol. The molecule has 0 saturated carbocycles. The Hall–Kier alpha value is -1.97. The number of amides is 1. The molecule has 7 nitrogen and oxygen atoms in total. The highest BCUT2D eigenvalue weighted by Crippen LogP contribution is 2.46. The van der Waals surface area contributed by atoms with Crippen LogP contribution in [0.3, 0.4) is 0 Å². The maximum absolute atomic E-state index is 12.8. The van der Waals surface area contributed by atoms with Crippen molar-refractivity contribution in [1.29, 1.82) is 0 Å². The standard InChI is InChI=1S/C18H19ClN2O5S/c1-18(12-26-16(18)14-10-6-7-11-15(14)19)21(25-2)27(23,24)20-17(22)13-8-4-3-5-9-13/h3-11,16H,12H2,1-2H3,(H,20,22). The van der Waals surface area contributed by atoms with Crippen LogP contribution < -0.4 is 4.72 Å². The number of benzene rings is 2. The van der Waals surface area contributed by atoms with Gasteiger partial charge in [0.05, 0.1) is 13.7 Å². The predicted octanol–water partition coefficient (Wildman–Crippen LogP) is 2.71. The number of rotatable bonds is 6. The van der Waals surface area contributed by atoms with Crippen LogP contribution in [-0.2, 0) is 19.8 Å². The van der Waals surface area contributed by atoms with Gasteiger partial charge < -0.3 is 4.74 Å². The van der Waals surface area contributed by atoms with Gasteiger partial charge in [-0.15, -0.1) is 0 Å². The van der Waals surface area contributed by atoms with Gasteiger partial charge in [0.2, 0.25) is 0 Å². The molecule has 0 bridgehead atoms. The molecular formula is C18H19ClN2O5S. The smallest absolute Gasteiger partial charge is 0.327 e. The van der Waals surface area contributed by atoms with E-state index in [1.807, 2.05) is 4.72 Å². The first kappa shape index (κ1) is 19.8. The quantitative estimate of drug-likeness (QED) is 0.740. The molecule has 1 fully saturated rings. The predicted molar refractivity (Wildman–Crippen MR) is 100 cm³/mol. The van der Waals surface area contributed by atoms with Crippen molar-refractivity contribution in [3.8, 4) is 0 Å². The van der Waals surface area contributed by atoms with E-state index in [9.17, 15) is 13.2 Å². The molecule has 1 aliphatic rings. The van der Waals surface area contributed by atoms with Crippen molar-refractivity contribution in [1.82, 2.24) is 9.19 Å². The van der Waals surface area contributed by atoms with Crippen molar-refractivity contribution in [3.63, 3.8) is 0 Å². The molecule has 2 unspecified atom stereocenters. The highest BCUT2D eigenvalue weighted by Gasteiger charge is 2.56. The van der Waals surface area contributed by atoms with Crippen LogP contribution in [0.4, 0.5) is 0 Å². The molecule has 1 aliphatic heterocycles. The van der Waals surface area contributed by atoms with Crippen LogP contribution in [0.2, 0.25) is 5.02 Å². The van der Waals surface area contributed by atoms with Gasteiger partial charge in [0.15, 0.2) is 0 Å². The Balaban J connectivity index is 1.87. The minimum Gasteiger partial charge on any atom is -0.369 e. The fourth-order valence-electron chi connectivity index (χ4n) is 3.06. The number of carbonyl (C=O) groups is 1. The number of hydroxylamine groups is 1. The summed E-state index contributed by atoms with van der Waals surface area (Å²) in [6.07, 6.45) is -0.644. The number of ether oxygens (including phenoxy) is 1. The second-order valence-electron chi connectivity index (χ2n) is 6.28. The van der Waals surface area contributed by atoms with Gasteiger partial charge in [-0.1, -0.05) is 52.5 Å². The van der Waals surface area contributed by atoms with Crippen LogP contribution in [-0.4, -0.2) is 38.0 Å². The topological polar surface area (TPSA) is 84.9 Å². The number of halogens is 1. The van der Waals surface area contributed by atoms with E-state index in [1.54, 1.807) is 49.4 Å². The van der Waals surface area contributed by atoms with Crippen molar-refractivity contribution in [2.45, 2.75) is 18.6 Å². The molecule has 0 aromatic heterocycles. The van der Waals surface area contributed by atoms with Crippen LogP contribution >= 0.6 is 11.6 Å². The van der Waals surface area contributed by atoms with E-state index < -0.39 is 27.8 Å². The van der Waals surface area contributed by atoms with Crippen molar-refractivity contribution in [2.75, 3.05) is 13.7 Å². The van der Waals surface area contributed by atoms with E-state index in [2.05, 4.69) is 0 Å². The monoisotopic (exact) mass is 410 g/mol. The Bertz CT molecular complexity index is 938. The molecule has 1 heterocycles. The molecule has 3 rings (SSSR count). The van der Waals surface area contributed by atoms with E-state index >= 15 is 0 Å². The van der Waals surface area contributed by atoms with Crippen molar-refractivity contribution in [2.24, 2.45) is 0 Å². The van der Waals surface area contributed by atoms with Gasteiger partial charge in [-0.3, -0.25) is 9.63 Å². The van der Waals surface area contributed by atoms with Gasteiger partial charge in [0.25, 0.3) is 5.91 Å². The van der Waals surface area contributed by atoms with Gasteiger partial charge in [0, 0.05) is 16.1 Å². The van der Waals surface area contributed by atoms with Crippen molar-refractivity contribution < 1.29 is 22.8 Å². The molecule has 0 aliphatic carbocycles. The van der Waals surface area contributed by atoms with Crippen LogP contribution in [0.25, 0.3) is 0 Å². The van der Waals surface area contributed by atoms with E-state index in [4.69, 9.17) is 21.2 Å². The average Bonchev–Trinajstić information content (AvgIpc) is 2.63. The lowest BCUT2D eigenvalue weighted by atomic mass is 9.86. The lowest BCUT2D eigenvalue weighted by Crippen LogP contribution is -2.65. The summed E-state index contributed by atoms with van der Waals surface area (Å²) < 4.78 is 34.0. The third kappa shape index (κ3) is 3.71. The summed E-state index contributed by atoms with van der Waals surface area (Å²) in [5.41, 5.74) is -0.225. The lowest BCUT2D eigenvalue weighted by Gasteiger charge is -2.50. The second kappa shape index (κ2) is 7.57. The molecule has 144 valence electrons. The third-order valence-electron chi connectivity index (χ3n) is 4.35. The molecule has 1 N–H and O–H groups in total. The zero-order valence-electron chi connectivity index (χ0n) is 14.8. The van der Waals surface area contributed by atoms with E-state index in [1.165, 1.54) is 19.2 Å². The molecule has 0 radical (unpaired) electrons. The molecule has 27 heavy (non-hydrogen) atoms. The molecule has 2 aromatic rings. The highest BCUT2D eigenvalue weighted by molar-refractivity contribution is 7.87. The molecule has 0 spiro atoms. The third-order valence-corrected chi connectivity index (χ3v) is 6.14. The molecule has 1 saturated heterocycles. The number of nitrogens with one attached hydrogen (secondary N) is 1. The van der Waals surface area contributed by atoms with Crippen LogP contribution in [0.1, 0.15) is 28.9 Å². The Kier molecular flexibility index (Phi) is 5.55. The second-order valence-corrected chi connectivity index (χ2v) is 8.17. The van der Waals surface area contributed by atoms with Crippen molar-refractivity contribution in [3.05, 3.63) is 70.7 Å². The minimum atomic E-state index is -4.30. The maximum atomic E-state index is 12.8. The molecule has 1 amide bonds. The summed E-state index contributed by atoms with van der Waals surface area (Å²) in [6.45, 7) is 1.75. The summed E-state index contributed by atoms with van der Waals surface area (Å²) in [5, 5.41) is 0.454. The van der Waals surface area contributed by atoms with Crippen LogP contribution in [0.5, 0.6) is 0 Å². The Morgan fingerprint density at radius 2 is 1.85 bits per heavy atom. The van der Waals surface area contributed by atoms with E-state index in [0.29, 0.717) is 10.6 Å². The number of carbonyl (C=O) groups excluding carboxylic acids is 1. The minimum absolute atomic E-state index is 0.0805. The fraction of sp³-hybridized carbons (Fsp3) is 0.278. The number of hydrogen-bond acceptors (Lipinski definition) is 5.